The molecule has 0 aromatic carbocycles. The number of aromatic amines is 1. The molecule has 2 rings (SSSR count). The van der Waals surface area contributed by atoms with E-state index in [2.05, 4.69) is 22.4 Å². The first-order valence-electron chi connectivity index (χ1n) is 7.23. The second-order valence-corrected chi connectivity index (χ2v) is 7.34. The van der Waals surface area contributed by atoms with Crippen molar-refractivity contribution in [2.45, 2.75) is 45.1 Å². The molecule has 2 heterocycles. The highest BCUT2D eigenvalue weighted by atomic mass is 32.2. The van der Waals surface area contributed by atoms with Crippen molar-refractivity contribution in [3.8, 4) is 0 Å². The maximum atomic E-state index is 12.3. The second-order valence-electron chi connectivity index (χ2n) is 5.40. The molecule has 2 N–H and O–H groups in total. The Labute approximate surface area is 125 Å². The van der Waals surface area contributed by atoms with Gasteiger partial charge in [-0.05, 0) is 19.3 Å². The SMILES string of the molecule is CCCc1cc(NC(=O)C2CCCCN2S(C)(=O)=O)n[nH]1. The molecule has 1 atom stereocenters. The van der Waals surface area contributed by atoms with Crippen LogP contribution in [0.2, 0.25) is 0 Å². The lowest BCUT2D eigenvalue weighted by molar-refractivity contribution is -0.120. The van der Waals surface area contributed by atoms with Gasteiger partial charge in [0.15, 0.2) is 5.82 Å². The van der Waals surface area contributed by atoms with Crippen LogP contribution in [0.3, 0.4) is 0 Å². The molecular formula is C13H22N4O3S. The summed E-state index contributed by atoms with van der Waals surface area (Å²) < 4.78 is 24.8. The summed E-state index contributed by atoms with van der Waals surface area (Å²) in [5, 5.41) is 9.60. The monoisotopic (exact) mass is 314 g/mol. The first kappa shape index (κ1) is 16.0. The van der Waals surface area contributed by atoms with Crippen molar-refractivity contribution < 1.29 is 13.2 Å². The fraction of sp³-hybridized carbons (Fsp3) is 0.692. The van der Waals surface area contributed by atoms with Crippen LogP contribution in [-0.4, -0.2) is 47.7 Å². The summed E-state index contributed by atoms with van der Waals surface area (Å²) in [5.74, 6) is 0.136. The molecule has 0 saturated carbocycles. The van der Waals surface area contributed by atoms with Gasteiger partial charge in [0.25, 0.3) is 0 Å². The van der Waals surface area contributed by atoms with Crippen molar-refractivity contribution in [3.63, 3.8) is 0 Å². The van der Waals surface area contributed by atoms with Crippen LogP contribution in [0, 0.1) is 0 Å². The summed E-state index contributed by atoms with van der Waals surface area (Å²) in [5.41, 5.74) is 0.955. The normalized spacial score (nSPS) is 20.4. The van der Waals surface area contributed by atoms with Crippen LogP contribution in [0.25, 0.3) is 0 Å². The number of nitrogens with one attached hydrogen (secondary N) is 2. The number of rotatable bonds is 5. The molecule has 0 spiro atoms. The van der Waals surface area contributed by atoms with Gasteiger partial charge >= 0.3 is 0 Å². The molecule has 0 aliphatic carbocycles. The van der Waals surface area contributed by atoms with Crippen molar-refractivity contribution >= 4 is 21.7 Å². The third kappa shape index (κ3) is 4.04. The Bertz CT molecular complexity index is 596. The van der Waals surface area contributed by atoms with E-state index in [1.807, 2.05) is 0 Å². The molecule has 1 aromatic heterocycles. The van der Waals surface area contributed by atoms with Gasteiger partial charge in [-0.15, -0.1) is 0 Å². The molecule has 0 bridgehead atoms. The second kappa shape index (κ2) is 6.57. The van der Waals surface area contributed by atoms with E-state index in [-0.39, 0.29) is 5.91 Å². The molecule has 1 amide bonds. The molecule has 1 aliphatic rings. The van der Waals surface area contributed by atoms with Gasteiger partial charge < -0.3 is 5.32 Å². The summed E-state index contributed by atoms with van der Waals surface area (Å²) in [6.45, 7) is 2.46. The van der Waals surface area contributed by atoms with E-state index in [4.69, 9.17) is 0 Å². The zero-order chi connectivity index (χ0) is 15.5. The largest absolute Gasteiger partial charge is 0.308 e. The Hall–Kier alpha value is -1.41. The maximum Gasteiger partial charge on any atom is 0.244 e. The number of carbonyl (C=O) groups excluding carboxylic acids is 1. The molecule has 1 unspecified atom stereocenters. The molecule has 8 heteroatoms. The summed E-state index contributed by atoms with van der Waals surface area (Å²) in [6.07, 6.45) is 5.19. The van der Waals surface area contributed by atoms with Gasteiger partial charge in [0.2, 0.25) is 15.9 Å². The third-order valence-electron chi connectivity index (χ3n) is 3.58. The van der Waals surface area contributed by atoms with E-state index >= 15 is 0 Å². The molecular weight excluding hydrogens is 292 g/mol. The van der Waals surface area contributed by atoms with Crippen molar-refractivity contribution in [1.82, 2.24) is 14.5 Å². The summed E-state index contributed by atoms with van der Waals surface area (Å²) in [6, 6.07) is 1.15. The Morgan fingerprint density at radius 1 is 1.52 bits per heavy atom. The lowest BCUT2D eigenvalue weighted by Gasteiger charge is -2.32. The fourth-order valence-electron chi connectivity index (χ4n) is 2.60. The number of carbonyl (C=O) groups is 1. The smallest absolute Gasteiger partial charge is 0.244 e. The molecule has 7 nitrogen and oxygen atoms in total. The van der Waals surface area contributed by atoms with E-state index in [1.165, 1.54) is 4.31 Å². The van der Waals surface area contributed by atoms with Crippen LogP contribution in [-0.2, 0) is 21.2 Å². The zero-order valence-electron chi connectivity index (χ0n) is 12.4. The van der Waals surface area contributed by atoms with Gasteiger partial charge in [-0.1, -0.05) is 19.8 Å². The van der Waals surface area contributed by atoms with Crippen LogP contribution in [0.4, 0.5) is 5.82 Å². The van der Waals surface area contributed by atoms with Crippen molar-refractivity contribution in [3.05, 3.63) is 11.8 Å². The Morgan fingerprint density at radius 3 is 2.95 bits per heavy atom. The minimum atomic E-state index is -3.37. The Balaban J connectivity index is 2.06. The molecule has 1 aliphatic heterocycles. The predicted octanol–water partition coefficient (Wildman–Crippen LogP) is 1.11. The first-order chi connectivity index (χ1) is 9.91. The third-order valence-corrected chi connectivity index (χ3v) is 4.87. The summed E-state index contributed by atoms with van der Waals surface area (Å²) in [7, 11) is -3.37. The molecule has 0 radical (unpaired) electrons. The predicted molar refractivity (Wildman–Crippen MR) is 80.4 cm³/mol. The number of H-pyrrole nitrogens is 1. The first-order valence-corrected chi connectivity index (χ1v) is 9.08. The van der Waals surface area contributed by atoms with Crippen molar-refractivity contribution in [2.24, 2.45) is 0 Å². The number of amides is 1. The molecule has 1 saturated heterocycles. The van der Waals surface area contributed by atoms with Crippen LogP contribution in [0.15, 0.2) is 6.07 Å². The number of aryl methyl sites for hydroxylation is 1. The van der Waals surface area contributed by atoms with E-state index in [0.29, 0.717) is 18.8 Å². The maximum absolute atomic E-state index is 12.3. The molecule has 21 heavy (non-hydrogen) atoms. The van der Waals surface area contributed by atoms with Crippen LogP contribution in [0.1, 0.15) is 38.3 Å². The molecule has 118 valence electrons. The fourth-order valence-corrected chi connectivity index (χ4v) is 3.72. The summed E-state index contributed by atoms with van der Waals surface area (Å²) in [4.78, 5) is 12.3. The van der Waals surface area contributed by atoms with Gasteiger partial charge in [-0.2, -0.15) is 9.40 Å². The molecule has 1 fully saturated rings. The number of anilines is 1. The Kier molecular flexibility index (Phi) is 5.00. The lowest BCUT2D eigenvalue weighted by atomic mass is 10.0. The van der Waals surface area contributed by atoms with E-state index in [9.17, 15) is 13.2 Å². The van der Waals surface area contributed by atoms with Gasteiger partial charge in [-0.25, -0.2) is 8.42 Å². The topological polar surface area (TPSA) is 95.2 Å². The minimum Gasteiger partial charge on any atom is -0.308 e. The minimum absolute atomic E-state index is 0.310. The number of piperidine rings is 1. The molecule has 1 aromatic rings. The quantitative estimate of drug-likeness (QED) is 0.851. The number of nitrogens with zero attached hydrogens (tertiary/aromatic N) is 2. The number of hydrogen-bond acceptors (Lipinski definition) is 4. The van der Waals surface area contributed by atoms with E-state index < -0.39 is 16.1 Å². The highest BCUT2D eigenvalue weighted by molar-refractivity contribution is 7.88. The van der Waals surface area contributed by atoms with E-state index in [1.54, 1.807) is 6.07 Å². The van der Waals surface area contributed by atoms with Crippen LogP contribution < -0.4 is 5.32 Å². The lowest BCUT2D eigenvalue weighted by Crippen LogP contribution is -2.49. The van der Waals surface area contributed by atoms with Crippen molar-refractivity contribution in [2.75, 3.05) is 18.1 Å². The Morgan fingerprint density at radius 2 is 2.29 bits per heavy atom. The van der Waals surface area contributed by atoms with Gasteiger partial charge in [-0.3, -0.25) is 9.89 Å². The number of hydrogen-bond donors (Lipinski definition) is 2. The summed E-state index contributed by atoms with van der Waals surface area (Å²) >= 11 is 0. The number of aromatic nitrogens is 2. The standard InChI is InChI=1S/C13H22N4O3S/c1-3-6-10-9-12(16-15-10)14-13(18)11-7-4-5-8-17(11)21(2,19)20/h9,11H,3-8H2,1-2H3,(H2,14,15,16,18). The van der Waals surface area contributed by atoms with Gasteiger partial charge in [0.1, 0.15) is 6.04 Å². The van der Waals surface area contributed by atoms with Gasteiger partial charge in [0.05, 0.1) is 6.26 Å². The van der Waals surface area contributed by atoms with E-state index in [0.717, 1.165) is 37.6 Å². The van der Waals surface area contributed by atoms with Crippen molar-refractivity contribution in [1.29, 1.82) is 0 Å². The zero-order valence-corrected chi connectivity index (χ0v) is 13.2. The van der Waals surface area contributed by atoms with Gasteiger partial charge in [0, 0.05) is 18.3 Å². The van der Waals surface area contributed by atoms with Crippen LogP contribution >= 0.6 is 0 Å². The highest BCUT2D eigenvalue weighted by Crippen LogP contribution is 2.21. The number of sulfonamides is 1. The highest BCUT2D eigenvalue weighted by Gasteiger charge is 2.34. The average Bonchev–Trinajstić information content (AvgIpc) is 2.85. The van der Waals surface area contributed by atoms with Crippen LogP contribution in [0.5, 0.6) is 0 Å². The average molecular weight is 314 g/mol.